The first-order valence-electron chi connectivity index (χ1n) is 9.14. The van der Waals surface area contributed by atoms with Gasteiger partial charge in [-0.3, -0.25) is 4.79 Å². The molecule has 0 saturated heterocycles. The Labute approximate surface area is 165 Å². The van der Waals surface area contributed by atoms with Crippen LogP contribution in [0.5, 0.6) is 5.75 Å². The number of nitrogens with zero attached hydrogens (tertiary/aromatic N) is 2. The number of carbonyl (C=O) groups excluding carboxylic acids is 1. The van der Waals surface area contributed by atoms with E-state index in [1.54, 1.807) is 19.2 Å². The van der Waals surface area contributed by atoms with E-state index in [1.807, 2.05) is 50.2 Å². The Kier molecular flexibility index (Phi) is 6.22. The summed E-state index contributed by atoms with van der Waals surface area (Å²) < 4.78 is 5.23. The minimum Gasteiger partial charge on any atom is -0.497 e. The summed E-state index contributed by atoms with van der Waals surface area (Å²) in [5, 5.41) is 14.2. The van der Waals surface area contributed by atoms with E-state index in [0.29, 0.717) is 12.4 Å². The number of ether oxygens (including phenoxy) is 1. The van der Waals surface area contributed by atoms with Gasteiger partial charge in [0.15, 0.2) is 5.69 Å². The molecule has 0 unspecified atom stereocenters. The van der Waals surface area contributed by atoms with Gasteiger partial charge in [0.05, 0.1) is 7.11 Å². The zero-order chi connectivity index (χ0) is 19.9. The smallest absolute Gasteiger partial charge is 0.276 e. The van der Waals surface area contributed by atoms with E-state index in [0.717, 1.165) is 23.4 Å². The number of nitrogens with one attached hydrogen (secondary N) is 2. The Morgan fingerprint density at radius 2 is 1.86 bits per heavy atom. The van der Waals surface area contributed by atoms with Gasteiger partial charge in [-0.2, -0.15) is 0 Å². The van der Waals surface area contributed by atoms with Crippen LogP contribution < -0.4 is 15.4 Å². The molecule has 144 valence electrons. The van der Waals surface area contributed by atoms with E-state index in [1.165, 1.54) is 11.1 Å². The van der Waals surface area contributed by atoms with Crippen LogP contribution in [0.3, 0.4) is 0 Å². The molecule has 0 saturated carbocycles. The van der Waals surface area contributed by atoms with Gasteiger partial charge in [-0.25, -0.2) is 0 Å². The number of hydrogen-bond acceptors (Lipinski definition) is 5. The van der Waals surface area contributed by atoms with Crippen molar-refractivity contribution in [2.45, 2.75) is 20.3 Å². The Balaban J connectivity index is 1.53. The van der Waals surface area contributed by atoms with Crippen LogP contribution in [0.1, 0.15) is 27.2 Å². The Hall–Kier alpha value is -3.41. The highest BCUT2D eigenvalue weighted by Gasteiger charge is 2.09. The zero-order valence-corrected chi connectivity index (χ0v) is 16.3. The van der Waals surface area contributed by atoms with E-state index >= 15 is 0 Å². The number of aromatic nitrogens is 2. The first-order chi connectivity index (χ1) is 13.5. The number of hydrogen-bond donors (Lipinski definition) is 2. The average molecular weight is 376 g/mol. The molecule has 2 N–H and O–H groups in total. The normalized spacial score (nSPS) is 10.4. The van der Waals surface area contributed by atoms with E-state index < -0.39 is 0 Å². The SMILES string of the molecule is COc1cccc(CCNc2ccc(C(=O)Nc3ccc(C)c(C)c3)nn2)c1. The standard InChI is InChI=1S/C22H24N4O2/c1-15-7-8-18(13-16(15)2)24-22(27)20-9-10-21(26-25-20)23-12-11-17-5-4-6-19(14-17)28-3/h4-10,13-14H,11-12H2,1-3H3,(H,23,26)(H,24,27). The van der Waals surface area contributed by atoms with Crippen LogP contribution in [0.25, 0.3) is 0 Å². The van der Waals surface area contributed by atoms with Crippen molar-refractivity contribution in [3.63, 3.8) is 0 Å². The molecule has 0 atom stereocenters. The Bertz CT molecular complexity index is 955. The number of aryl methyl sites for hydroxylation is 2. The fourth-order valence-electron chi connectivity index (χ4n) is 2.72. The monoisotopic (exact) mass is 376 g/mol. The molecule has 0 bridgehead atoms. The molecule has 1 aromatic heterocycles. The third-order valence-electron chi connectivity index (χ3n) is 4.52. The number of anilines is 2. The second kappa shape index (κ2) is 8.99. The van der Waals surface area contributed by atoms with E-state index in [2.05, 4.69) is 26.9 Å². The summed E-state index contributed by atoms with van der Waals surface area (Å²) in [7, 11) is 1.66. The minimum atomic E-state index is -0.279. The number of amides is 1. The van der Waals surface area contributed by atoms with Crippen molar-refractivity contribution >= 4 is 17.4 Å². The third-order valence-corrected chi connectivity index (χ3v) is 4.52. The second-order valence-electron chi connectivity index (χ2n) is 6.59. The van der Waals surface area contributed by atoms with Gasteiger partial charge in [0.25, 0.3) is 5.91 Å². The van der Waals surface area contributed by atoms with Gasteiger partial charge in [-0.15, -0.1) is 10.2 Å². The fourth-order valence-corrected chi connectivity index (χ4v) is 2.72. The molecule has 0 fully saturated rings. The van der Waals surface area contributed by atoms with Gasteiger partial charge in [-0.05, 0) is 73.4 Å². The molecule has 6 nitrogen and oxygen atoms in total. The van der Waals surface area contributed by atoms with Crippen molar-refractivity contribution in [3.05, 3.63) is 77.0 Å². The van der Waals surface area contributed by atoms with Crippen LogP contribution in [0, 0.1) is 13.8 Å². The molecule has 1 amide bonds. The summed E-state index contributed by atoms with van der Waals surface area (Å²) in [5.41, 5.74) is 4.50. The molecule has 0 aliphatic rings. The van der Waals surface area contributed by atoms with Crippen LogP contribution >= 0.6 is 0 Å². The molecule has 0 aliphatic carbocycles. The predicted octanol–water partition coefficient (Wildman–Crippen LogP) is 4.01. The van der Waals surface area contributed by atoms with Crippen LogP contribution in [-0.4, -0.2) is 29.8 Å². The maximum atomic E-state index is 12.3. The summed E-state index contributed by atoms with van der Waals surface area (Å²) in [6.45, 7) is 4.75. The largest absolute Gasteiger partial charge is 0.497 e. The minimum absolute atomic E-state index is 0.275. The molecule has 0 radical (unpaired) electrons. The highest BCUT2D eigenvalue weighted by atomic mass is 16.5. The molecule has 0 aliphatic heterocycles. The fraction of sp³-hybridized carbons (Fsp3) is 0.227. The van der Waals surface area contributed by atoms with Crippen LogP contribution in [0.15, 0.2) is 54.6 Å². The molecular weight excluding hydrogens is 352 g/mol. The summed E-state index contributed by atoms with van der Waals surface area (Å²) in [6.07, 6.45) is 0.827. The maximum absolute atomic E-state index is 12.3. The predicted molar refractivity (Wildman–Crippen MR) is 111 cm³/mol. The quantitative estimate of drug-likeness (QED) is 0.652. The molecule has 28 heavy (non-hydrogen) atoms. The van der Waals surface area contributed by atoms with Crippen molar-refractivity contribution < 1.29 is 9.53 Å². The molecular formula is C22H24N4O2. The molecule has 6 heteroatoms. The number of methoxy groups -OCH3 is 1. The van der Waals surface area contributed by atoms with Gasteiger partial charge in [-0.1, -0.05) is 18.2 Å². The lowest BCUT2D eigenvalue weighted by molar-refractivity contribution is 0.102. The van der Waals surface area contributed by atoms with Crippen molar-refractivity contribution in [1.29, 1.82) is 0 Å². The Morgan fingerprint density at radius 1 is 1.00 bits per heavy atom. The number of benzene rings is 2. The first kappa shape index (κ1) is 19.4. The van der Waals surface area contributed by atoms with Crippen molar-refractivity contribution in [1.82, 2.24) is 10.2 Å². The summed E-state index contributed by atoms with van der Waals surface area (Å²) >= 11 is 0. The first-order valence-corrected chi connectivity index (χ1v) is 9.14. The lowest BCUT2D eigenvalue weighted by Gasteiger charge is -2.08. The highest BCUT2D eigenvalue weighted by Crippen LogP contribution is 2.15. The lowest BCUT2D eigenvalue weighted by atomic mass is 10.1. The molecule has 3 rings (SSSR count). The molecule has 1 heterocycles. The van der Waals surface area contributed by atoms with Crippen molar-refractivity contribution in [2.75, 3.05) is 24.3 Å². The number of carbonyl (C=O) groups is 1. The lowest BCUT2D eigenvalue weighted by Crippen LogP contribution is -2.15. The van der Waals surface area contributed by atoms with Gasteiger partial charge in [0, 0.05) is 12.2 Å². The number of rotatable bonds is 7. The van der Waals surface area contributed by atoms with Gasteiger partial charge >= 0.3 is 0 Å². The maximum Gasteiger partial charge on any atom is 0.276 e. The van der Waals surface area contributed by atoms with Crippen LogP contribution in [0.2, 0.25) is 0 Å². The van der Waals surface area contributed by atoms with Crippen molar-refractivity contribution in [3.8, 4) is 5.75 Å². The third kappa shape index (κ3) is 5.07. The van der Waals surface area contributed by atoms with Crippen molar-refractivity contribution in [2.24, 2.45) is 0 Å². The van der Waals surface area contributed by atoms with Crippen LogP contribution in [0.4, 0.5) is 11.5 Å². The van der Waals surface area contributed by atoms with Gasteiger partial charge < -0.3 is 15.4 Å². The second-order valence-corrected chi connectivity index (χ2v) is 6.59. The summed E-state index contributed by atoms with van der Waals surface area (Å²) in [5.74, 6) is 1.20. The zero-order valence-electron chi connectivity index (χ0n) is 16.3. The van der Waals surface area contributed by atoms with Gasteiger partial charge in [0.2, 0.25) is 0 Å². The summed E-state index contributed by atoms with van der Waals surface area (Å²) in [6, 6.07) is 17.2. The highest BCUT2D eigenvalue weighted by molar-refractivity contribution is 6.02. The van der Waals surface area contributed by atoms with E-state index in [-0.39, 0.29) is 11.6 Å². The molecule has 0 spiro atoms. The molecule has 2 aromatic carbocycles. The van der Waals surface area contributed by atoms with E-state index in [9.17, 15) is 4.79 Å². The topological polar surface area (TPSA) is 76.1 Å². The van der Waals surface area contributed by atoms with Crippen LogP contribution in [-0.2, 0) is 6.42 Å². The molecule has 3 aromatic rings. The average Bonchev–Trinajstić information content (AvgIpc) is 2.71. The van der Waals surface area contributed by atoms with E-state index in [4.69, 9.17) is 4.74 Å². The Morgan fingerprint density at radius 3 is 2.57 bits per heavy atom. The van der Waals surface area contributed by atoms with Gasteiger partial charge in [0.1, 0.15) is 11.6 Å². The summed E-state index contributed by atoms with van der Waals surface area (Å²) in [4.78, 5) is 12.3.